The lowest BCUT2D eigenvalue weighted by atomic mass is 10.2. The topological polar surface area (TPSA) is 64.9 Å². The van der Waals surface area contributed by atoms with Gasteiger partial charge in [0.25, 0.3) is 5.89 Å². The second-order valence-electron chi connectivity index (χ2n) is 4.32. The summed E-state index contributed by atoms with van der Waals surface area (Å²) in [5, 5.41) is 5.39. The van der Waals surface area contributed by atoms with Gasteiger partial charge in [0.2, 0.25) is 5.82 Å². The zero-order valence-corrected chi connectivity index (χ0v) is 12.7. The maximum atomic E-state index is 5.96. The molecule has 0 saturated heterocycles. The summed E-state index contributed by atoms with van der Waals surface area (Å²) in [6.07, 6.45) is 0. The van der Waals surface area contributed by atoms with Crippen LogP contribution in [0.1, 0.15) is 0 Å². The first kappa shape index (κ1) is 14.2. The SMILES string of the molecule is Nc1cc(-c2nc(-c3cc(Cl)cc(Cl)c3)no2)ccc1Cl. The van der Waals surface area contributed by atoms with Crippen molar-refractivity contribution in [1.82, 2.24) is 10.1 Å². The van der Waals surface area contributed by atoms with Crippen molar-refractivity contribution in [2.24, 2.45) is 0 Å². The molecule has 3 aromatic rings. The largest absolute Gasteiger partial charge is 0.398 e. The Morgan fingerprint density at radius 1 is 0.905 bits per heavy atom. The second-order valence-corrected chi connectivity index (χ2v) is 5.60. The maximum Gasteiger partial charge on any atom is 0.258 e. The molecule has 1 aromatic heterocycles. The number of hydrogen-bond donors (Lipinski definition) is 1. The van der Waals surface area contributed by atoms with E-state index >= 15 is 0 Å². The zero-order valence-electron chi connectivity index (χ0n) is 10.5. The first-order valence-corrected chi connectivity index (χ1v) is 7.02. The van der Waals surface area contributed by atoms with E-state index in [1.165, 1.54) is 0 Å². The molecule has 0 fully saturated rings. The Labute approximate surface area is 135 Å². The van der Waals surface area contributed by atoms with Gasteiger partial charge in [-0.1, -0.05) is 40.0 Å². The van der Waals surface area contributed by atoms with Gasteiger partial charge in [-0.15, -0.1) is 0 Å². The van der Waals surface area contributed by atoms with Crippen molar-refractivity contribution in [3.05, 3.63) is 51.5 Å². The molecule has 1 heterocycles. The van der Waals surface area contributed by atoms with E-state index in [0.717, 1.165) is 0 Å². The fraction of sp³-hybridized carbons (Fsp3) is 0. The molecule has 2 N–H and O–H groups in total. The van der Waals surface area contributed by atoms with Gasteiger partial charge < -0.3 is 10.3 Å². The fourth-order valence-electron chi connectivity index (χ4n) is 1.82. The highest BCUT2D eigenvalue weighted by Gasteiger charge is 2.12. The summed E-state index contributed by atoms with van der Waals surface area (Å²) in [6.45, 7) is 0. The molecule has 0 bridgehead atoms. The van der Waals surface area contributed by atoms with Crippen molar-refractivity contribution in [1.29, 1.82) is 0 Å². The summed E-state index contributed by atoms with van der Waals surface area (Å²) in [6, 6.07) is 10.1. The van der Waals surface area contributed by atoms with Gasteiger partial charge in [0.15, 0.2) is 0 Å². The van der Waals surface area contributed by atoms with Crippen LogP contribution < -0.4 is 5.73 Å². The third kappa shape index (κ3) is 2.97. The third-order valence-electron chi connectivity index (χ3n) is 2.79. The summed E-state index contributed by atoms with van der Waals surface area (Å²) >= 11 is 17.8. The van der Waals surface area contributed by atoms with Crippen LogP contribution in [-0.2, 0) is 0 Å². The Hall–Kier alpha value is -1.75. The average molecular weight is 341 g/mol. The Bertz CT molecular complexity index is 797. The van der Waals surface area contributed by atoms with E-state index in [2.05, 4.69) is 10.1 Å². The van der Waals surface area contributed by atoms with Gasteiger partial charge in [0.05, 0.1) is 10.7 Å². The standard InChI is InChI=1S/C14H8Cl3N3O/c15-9-3-8(4-10(16)6-9)13-19-14(21-20-13)7-1-2-11(17)12(18)5-7/h1-6H,18H2. The number of hydrogen-bond acceptors (Lipinski definition) is 4. The van der Waals surface area contributed by atoms with E-state index in [-0.39, 0.29) is 0 Å². The van der Waals surface area contributed by atoms with Crippen molar-refractivity contribution >= 4 is 40.5 Å². The van der Waals surface area contributed by atoms with Crippen LogP contribution in [-0.4, -0.2) is 10.1 Å². The predicted molar refractivity (Wildman–Crippen MR) is 84.6 cm³/mol. The molecule has 4 nitrogen and oxygen atoms in total. The van der Waals surface area contributed by atoms with Crippen LogP contribution in [0.2, 0.25) is 15.1 Å². The minimum absolute atomic E-state index is 0.337. The van der Waals surface area contributed by atoms with Gasteiger partial charge in [0.1, 0.15) is 0 Å². The average Bonchev–Trinajstić information content (AvgIpc) is 2.90. The highest BCUT2D eigenvalue weighted by atomic mass is 35.5. The molecule has 0 radical (unpaired) electrons. The molecule has 7 heteroatoms. The monoisotopic (exact) mass is 339 g/mol. The minimum atomic E-state index is 0.337. The van der Waals surface area contributed by atoms with Gasteiger partial charge in [0, 0.05) is 21.2 Å². The normalized spacial score (nSPS) is 10.8. The van der Waals surface area contributed by atoms with Gasteiger partial charge in [-0.3, -0.25) is 0 Å². The van der Waals surface area contributed by atoms with E-state index in [4.69, 9.17) is 45.1 Å². The van der Waals surface area contributed by atoms with Crippen molar-refractivity contribution in [2.45, 2.75) is 0 Å². The van der Waals surface area contributed by atoms with Crippen LogP contribution >= 0.6 is 34.8 Å². The summed E-state index contributed by atoms with van der Waals surface area (Å²) in [5.74, 6) is 0.729. The lowest BCUT2D eigenvalue weighted by molar-refractivity contribution is 0.432. The molecule has 0 saturated carbocycles. The lowest BCUT2D eigenvalue weighted by Crippen LogP contribution is -1.87. The van der Waals surface area contributed by atoms with E-state index < -0.39 is 0 Å². The Morgan fingerprint density at radius 3 is 2.29 bits per heavy atom. The van der Waals surface area contributed by atoms with Crippen molar-refractivity contribution < 1.29 is 4.52 Å². The second kappa shape index (κ2) is 5.56. The molecule has 3 rings (SSSR count). The molecular weight excluding hydrogens is 333 g/mol. The predicted octanol–water partition coefficient (Wildman–Crippen LogP) is 4.95. The molecule has 0 atom stereocenters. The number of halogens is 3. The number of nitrogens with zero attached hydrogens (tertiary/aromatic N) is 2. The van der Waals surface area contributed by atoms with Crippen molar-refractivity contribution in [3.8, 4) is 22.8 Å². The Balaban J connectivity index is 2.01. The summed E-state index contributed by atoms with van der Waals surface area (Å²) in [7, 11) is 0. The number of benzene rings is 2. The zero-order chi connectivity index (χ0) is 15.0. The van der Waals surface area contributed by atoms with E-state index in [1.54, 1.807) is 36.4 Å². The number of nitrogen functional groups attached to an aromatic ring is 1. The molecule has 0 amide bonds. The van der Waals surface area contributed by atoms with Gasteiger partial charge in [-0.2, -0.15) is 4.98 Å². The van der Waals surface area contributed by atoms with Crippen LogP contribution in [0.25, 0.3) is 22.8 Å². The quantitative estimate of drug-likeness (QED) is 0.671. The van der Waals surface area contributed by atoms with E-state index in [9.17, 15) is 0 Å². The lowest BCUT2D eigenvalue weighted by Gasteiger charge is -1.99. The fourth-order valence-corrected chi connectivity index (χ4v) is 2.46. The number of rotatable bonds is 2. The van der Waals surface area contributed by atoms with E-state index in [0.29, 0.717) is 43.6 Å². The molecule has 0 aliphatic heterocycles. The van der Waals surface area contributed by atoms with Gasteiger partial charge >= 0.3 is 0 Å². The first-order valence-electron chi connectivity index (χ1n) is 5.88. The molecule has 0 spiro atoms. The summed E-state index contributed by atoms with van der Waals surface area (Å²) in [4.78, 5) is 4.31. The first-order chi connectivity index (χ1) is 10.0. The minimum Gasteiger partial charge on any atom is -0.398 e. The third-order valence-corrected chi connectivity index (χ3v) is 3.57. The van der Waals surface area contributed by atoms with Crippen molar-refractivity contribution in [2.75, 3.05) is 5.73 Å². The molecule has 0 aliphatic rings. The van der Waals surface area contributed by atoms with Crippen LogP contribution in [0.3, 0.4) is 0 Å². The molecular formula is C14H8Cl3N3O. The molecule has 2 aromatic carbocycles. The van der Waals surface area contributed by atoms with Crippen LogP contribution in [0.4, 0.5) is 5.69 Å². The molecule has 106 valence electrons. The van der Waals surface area contributed by atoms with Crippen LogP contribution in [0.15, 0.2) is 40.9 Å². The number of aromatic nitrogens is 2. The molecule has 0 unspecified atom stereocenters. The molecule has 0 aliphatic carbocycles. The number of nitrogens with two attached hydrogens (primary N) is 1. The Morgan fingerprint density at radius 2 is 1.62 bits per heavy atom. The molecule has 21 heavy (non-hydrogen) atoms. The Kier molecular flexibility index (Phi) is 3.76. The van der Waals surface area contributed by atoms with E-state index in [1.807, 2.05) is 0 Å². The smallest absolute Gasteiger partial charge is 0.258 e. The van der Waals surface area contributed by atoms with Crippen molar-refractivity contribution in [3.63, 3.8) is 0 Å². The number of anilines is 1. The van der Waals surface area contributed by atoms with Crippen LogP contribution in [0.5, 0.6) is 0 Å². The maximum absolute atomic E-state index is 5.96. The van der Waals surface area contributed by atoms with Gasteiger partial charge in [-0.25, -0.2) is 0 Å². The summed E-state index contributed by atoms with van der Waals surface area (Å²) in [5.41, 5.74) is 7.56. The highest BCUT2D eigenvalue weighted by molar-refractivity contribution is 6.35. The summed E-state index contributed by atoms with van der Waals surface area (Å²) < 4.78 is 5.23. The highest BCUT2D eigenvalue weighted by Crippen LogP contribution is 2.29. The van der Waals surface area contributed by atoms with Crippen LogP contribution in [0, 0.1) is 0 Å². The van der Waals surface area contributed by atoms with Gasteiger partial charge in [-0.05, 0) is 36.4 Å².